The van der Waals surface area contributed by atoms with E-state index in [-0.39, 0.29) is 18.2 Å². The van der Waals surface area contributed by atoms with Gasteiger partial charge in [-0.3, -0.25) is 4.68 Å². The molecule has 0 bridgehead atoms. The molecule has 8 heteroatoms. The highest BCUT2D eigenvalue weighted by Crippen LogP contribution is 2.16. The zero-order chi connectivity index (χ0) is 14.9. The van der Waals surface area contributed by atoms with Gasteiger partial charge in [0.1, 0.15) is 5.76 Å². The SMILES string of the molecule is Cc1nn(C)c(C)c1CNS(=O)(=O)c1ccc(CN)o1. The summed E-state index contributed by atoms with van der Waals surface area (Å²) in [5, 5.41) is 4.12. The van der Waals surface area contributed by atoms with Crippen LogP contribution in [-0.2, 0) is 30.2 Å². The van der Waals surface area contributed by atoms with Gasteiger partial charge in [0.05, 0.1) is 12.2 Å². The molecule has 0 radical (unpaired) electrons. The number of hydrogen-bond donors (Lipinski definition) is 2. The lowest BCUT2D eigenvalue weighted by molar-refractivity contribution is 0.412. The third-order valence-corrected chi connectivity index (χ3v) is 4.47. The number of sulfonamides is 1. The third-order valence-electron chi connectivity index (χ3n) is 3.20. The Morgan fingerprint density at radius 2 is 2.10 bits per heavy atom. The lowest BCUT2D eigenvalue weighted by Gasteiger charge is -2.05. The first kappa shape index (κ1) is 14.8. The molecule has 0 aliphatic heterocycles. The van der Waals surface area contributed by atoms with Gasteiger partial charge in [-0.15, -0.1) is 0 Å². The molecule has 110 valence electrons. The van der Waals surface area contributed by atoms with E-state index in [4.69, 9.17) is 10.2 Å². The van der Waals surface area contributed by atoms with Gasteiger partial charge in [-0.05, 0) is 26.0 Å². The van der Waals surface area contributed by atoms with Crippen LogP contribution in [0.15, 0.2) is 21.6 Å². The standard InChI is InChI=1S/C12H18N4O3S/c1-8-11(9(2)16(3)15-8)7-14-20(17,18)12-5-4-10(6-13)19-12/h4-5,14H,6-7,13H2,1-3H3. The number of nitrogens with two attached hydrogens (primary N) is 1. The molecule has 7 nitrogen and oxygen atoms in total. The smallest absolute Gasteiger partial charge is 0.274 e. The van der Waals surface area contributed by atoms with E-state index in [2.05, 4.69) is 9.82 Å². The van der Waals surface area contributed by atoms with E-state index < -0.39 is 10.0 Å². The third kappa shape index (κ3) is 2.77. The first-order chi connectivity index (χ1) is 9.35. The Morgan fingerprint density at radius 3 is 2.60 bits per heavy atom. The number of hydrogen-bond acceptors (Lipinski definition) is 5. The molecular weight excluding hydrogens is 280 g/mol. The van der Waals surface area contributed by atoms with Crippen molar-refractivity contribution >= 4 is 10.0 Å². The first-order valence-electron chi connectivity index (χ1n) is 6.12. The molecule has 0 fully saturated rings. The van der Waals surface area contributed by atoms with Crippen molar-refractivity contribution in [2.75, 3.05) is 0 Å². The van der Waals surface area contributed by atoms with E-state index in [0.717, 1.165) is 17.0 Å². The van der Waals surface area contributed by atoms with Crippen molar-refractivity contribution in [3.8, 4) is 0 Å². The van der Waals surface area contributed by atoms with Crippen LogP contribution in [0.4, 0.5) is 0 Å². The van der Waals surface area contributed by atoms with Gasteiger partial charge in [-0.25, -0.2) is 13.1 Å². The summed E-state index contributed by atoms with van der Waals surface area (Å²) in [5.74, 6) is 0.430. The number of aryl methyl sites for hydroxylation is 2. The summed E-state index contributed by atoms with van der Waals surface area (Å²) in [5.41, 5.74) is 7.98. The quantitative estimate of drug-likeness (QED) is 0.840. The van der Waals surface area contributed by atoms with Crippen LogP contribution in [0.25, 0.3) is 0 Å². The highest BCUT2D eigenvalue weighted by molar-refractivity contribution is 7.89. The fourth-order valence-electron chi connectivity index (χ4n) is 1.92. The molecule has 0 aromatic carbocycles. The molecular formula is C12H18N4O3S. The van der Waals surface area contributed by atoms with Crippen LogP contribution in [-0.4, -0.2) is 18.2 Å². The van der Waals surface area contributed by atoms with Gasteiger partial charge in [0.15, 0.2) is 0 Å². The Bertz CT molecular complexity index is 715. The minimum atomic E-state index is -3.68. The highest BCUT2D eigenvalue weighted by atomic mass is 32.2. The summed E-state index contributed by atoms with van der Waals surface area (Å²) in [4.78, 5) is 0. The predicted octanol–water partition coefficient (Wildman–Crippen LogP) is 0.567. The Balaban J connectivity index is 2.17. The summed E-state index contributed by atoms with van der Waals surface area (Å²) in [6.07, 6.45) is 0. The highest BCUT2D eigenvalue weighted by Gasteiger charge is 2.20. The normalized spacial score (nSPS) is 12.0. The molecule has 0 unspecified atom stereocenters. The Kier molecular flexibility index (Phi) is 3.98. The number of furan rings is 1. The minimum Gasteiger partial charge on any atom is -0.447 e. The van der Waals surface area contributed by atoms with Gasteiger partial charge in [0.2, 0.25) is 5.09 Å². The largest absolute Gasteiger partial charge is 0.447 e. The maximum absolute atomic E-state index is 12.1. The van der Waals surface area contributed by atoms with E-state index in [1.54, 1.807) is 10.7 Å². The predicted molar refractivity (Wildman–Crippen MR) is 73.3 cm³/mol. The van der Waals surface area contributed by atoms with E-state index in [9.17, 15) is 8.42 Å². The zero-order valence-corrected chi connectivity index (χ0v) is 12.5. The first-order valence-corrected chi connectivity index (χ1v) is 7.61. The molecule has 0 aliphatic carbocycles. The maximum Gasteiger partial charge on any atom is 0.274 e. The van der Waals surface area contributed by atoms with Crippen LogP contribution in [0.2, 0.25) is 0 Å². The van der Waals surface area contributed by atoms with Crippen LogP contribution >= 0.6 is 0 Å². The van der Waals surface area contributed by atoms with Gasteiger partial charge in [-0.1, -0.05) is 0 Å². The topological polar surface area (TPSA) is 103 Å². The van der Waals surface area contributed by atoms with E-state index in [1.807, 2.05) is 20.9 Å². The molecule has 0 amide bonds. The van der Waals surface area contributed by atoms with Crippen LogP contribution < -0.4 is 10.5 Å². The van der Waals surface area contributed by atoms with Crippen LogP contribution in [0.1, 0.15) is 22.7 Å². The molecule has 2 aromatic rings. The lowest BCUT2D eigenvalue weighted by atomic mass is 10.2. The van der Waals surface area contributed by atoms with E-state index in [0.29, 0.717) is 5.76 Å². The fourth-order valence-corrected chi connectivity index (χ4v) is 2.86. The maximum atomic E-state index is 12.1. The van der Waals surface area contributed by atoms with Crippen molar-refractivity contribution in [2.24, 2.45) is 12.8 Å². The second kappa shape index (κ2) is 5.39. The molecule has 0 saturated carbocycles. The molecule has 0 aliphatic rings. The Labute approximate surface area is 117 Å². The minimum absolute atomic E-state index is 0.128. The monoisotopic (exact) mass is 298 g/mol. The second-order valence-corrected chi connectivity index (χ2v) is 6.22. The number of aromatic nitrogens is 2. The van der Waals surface area contributed by atoms with Gasteiger partial charge >= 0.3 is 0 Å². The van der Waals surface area contributed by atoms with E-state index >= 15 is 0 Å². The van der Waals surface area contributed by atoms with Crippen molar-refractivity contribution < 1.29 is 12.8 Å². The number of nitrogens with one attached hydrogen (secondary N) is 1. The van der Waals surface area contributed by atoms with Crippen LogP contribution in [0.5, 0.6) is 0 Å². The van der Waals surface area contributed by atoms with Crippen molar-refractivity contribution in [1.82, 2.24) is 14.5 Å². The molecule has 0 spiro atoms. The van der Waals surface area contributed by atoms with Gasteiger partial charge in [-0.2, -0.15) is 5.10 Å². The Morgan fingerprint density at radius 1 is 1.40 bits per heavy atom. The van der Waals surface area contributed by atoms with Gasteiger partial charge < -0.3 is 10.2 Å². The molecule has 0 saturated heterocycles. The number of nitrogens with zero attached hydrogens (tertiary/aromatic N) is 2. The number of rotatable bonds is 5. The van der Waals surface area contributed by atoms with Crippen LogP contribution in [0.3, 0.4) is 0 Å². The van der Waals surface area contributed by atoms with Crippen molar-refractivity contribution in [3.63, 3.8) is 0 Å². The molecule has 2 heterocycles. The average molecular weight is 298 g/mol. The Hall–Kier alpha value is -1.64. The average Bonchev–Trinajstić information content (AvgIpc) is 2.95. The molecule has 20 heavy (non-hydrogen) atoms. The lowest BCUT2D eigenvalue weighted by Crippen LogP contribution is -2.23. The van der Waals surface area contributed by atoms with E-state index in [1.165, 1.54) is 6.07 Å². The zero-order valence-electron chi connectivity index (χ0n) is 11.7. The molecule has 3 N–H and O–H groups in total. The van der Waals surface area contributed by atoms with Gasteiger partial charge in [0.25, 0.3) is 10.0 Å². The molecule has 2 rings (SSSR count). The fraction of sp³-hybridized carbons (Fsp3) is 0.417. The second-order valence-electron chi connectivity index (χ2n) is 4.52. The molecule has 2 aromatic heterocycles. The summed E-state index contributed by atoms with van der Waals surface area (Å²) in [6, 6.07) is 2.95. The summed E-state index contributed by atoms with van der Waals surface area (Å²) < 4.78 is 33.6. The van der Waals surface area contributed by atoms with Crippen LogP contribution in [0, 0.1) is 13.8 Å². The van der Waals surface area contributed by atoms with Crippen molar-refractivity contribution in [3.05, 3.63) is 34.8 Å². The summed E-state index contributed by atoms with van der Waals surface area (Å²) in [6.45, 7) is 4.07. The van der Waals surface area contributed by atoms with Gasteiger partial charge in [0, 0.05) is 24.8 Å². The molecule has 0 atom stereocenters. The van der Waals surface area contributed by atoms with Crippen molar-refractivity contribution in [1.29, 1.82) is 0 Å². The summed E-state index contributed by atoms with van der Waals surface area (Å²) >= 11 is 0. The van der Waals surface area contributed by atoms with Crippen molar-refractivity contribution in [2.45, 2.75) is 32.0 Å². The summed E-state index contributed by atoms with van der Waals surface area (Å²) in [7, 11) is -1.86.